The molecule has 0 aromatic heterocycles. The first-order valence-electron chi connectivity index (χ1n) is 5.60. The Labute approximate surface area is 117 Å². The van der Waals surface area contributed by atoms with Crippen molar-refractivity contribution in [3.05, 3.63) is 63.1 Å². The second kappa shape index (κ2) is 5.61. The summed E-state index contributed by atoms with van der Waals surface area (Å²) in [5.41, 5.74) is 6.83. The highest BCUT2D eigenvalue weighted by Gasteiger charge is 2.07. The Morgan fingerprint density at radius 3 is 2.33 bits per heavy atom. The molecule has 0 atom stereocenters. The van der Waals surface area contributed by atoms with Crippen molar-refractivity contribution in [2.24, 2.45) is 5.84 Å². The van der Waals surface area contributed by atoms with Crippen LogP contribution in [0, 0.1) is 6.92 Å². The smallest absolute Gasteiger partial charge is 0.0502 e. The Bertz CT molecular complexity index is 527. The second-order valence-electron chi connectivity index (χ2n) is 4.20. The minimum Gasteiger partial charge on any atom is -0.324 e. The van der Waals surface area contributed by atoms with E-state index in [0.717, 1.165) is 33.3 Å². The summed E-state index contributed by atoms with van der Waals surface area (Å²) in [4.78, 5) is 0. The van der Waals surface area contributed by atoms with Crippen molar-refractivity contribution in [1.82, 2.24) is 0 Å². The molecule has 0 bridgehead atoms. The Morgan fingerprint density at radius 1 is 1.11 bits per heavy atom. The maximum absolute atomic E-state index is 6.27. The maximum atomic E-state index is 6.27. The number of aryl methyl sites for hydroxylation is 1. The van der Waals surface area contributed by atoms with Crippen LogP contribution in [0.25, 0.3) is 0 Å². The summed E-state index contributed by atoms with van der Waals surface area (Å²) in [6.45, 7) is 2.03. The predicted octanol–water partition coefficient (Wildman–Crippen LogP) is 4.18. The first-order valence-corrected chi connectivity index (χ1v) is 6.36. The topological polar surface area (TPSA) is 38.0 Å². The zero-order valence-corrected chi connectivity index (χ0v) is 11.5. The summed E-state index contributed by atoms with van der Waals surface area (Å²) in [5, 5.41) is 1.46. The van der Waals surface area contributed by atoms with Gasteiger partial charge in [0.1, 0.15) is 0 Å². The van der Waals surface area contributed by atoms with Gasteiger partial charge in [-0.2, -0.15) is 0 Å². The van der Waals surface area contributed by atoms with Gasteiger partial charge in [0.2, 0.25) is 0 Å². The van der Waals surface area contributed by atoms with Crippen LogP contribution in [-0.2, 0) is 6.42 Å². The molecule has 0 saturated heterocycles. The summed E-state index contributed by atoms with van der Waals surface area (Å²) in [6, 6.07) is 11.6. The molecule has 0 saturated carbocycles. The molecule has 4 heteroatoms. The number of halogens is 2. The van der Waals surface area contributed by atoms with E-state index in [1.54, 1.807) is 0 Å². The average molecular weight is 281 g/mol. The van der Waals surface area contributed by atoms with Crippen LogP contribution in [-0.4, -0.2) is 0 Å². The van der Waals surface area contributed by atoms with E-state index in [-0.39, 0.29) is 0 Å². The summed E-state index contributed by atoms with van der Waals surface area (Å²) < 4.78 is 0. The molecular weight excluding hydrogens is 267 g/mol. The lowest BCUT2D eigenvalue weighted by molar-refractivity contribution is 1.15. The minimum atomic E-state index is 0.720. The fourth-order valence-electron chi connectivity index (χ4n) is 1.89. The van der Waals surface area contributed by atoms with E-state index in [2.05, 4.69) is 5.43 Å². The van der Waals surface area contributed by atoms with E-state index in [1.807, 2.05) is 43.3 Å². The zero-order chi connectivity index (χ0) is 13.1. The van der Waals surface area contributed by atoms with Crippen LogP contribution >= 0.6 is 23.2 Å². The number of hydrogen-bond donors (Lipinski definition) is 2. The first-order chi connectivity index (χ1) is 8.60. The lowest BCUT2D eigenvalue weighted by atomic mass is 10.00. The maximum Gasteiger partial charge on any atom is 0.0502 e. The van der Waals surface area contributed by atoms with Crippen molar-refractivity contribution in [3.8, 4) is 0 Å². The van der Waals surface area contributed by atoms with Gasteiger partial charge in [0.15, 0.2) is 0 Å². The molecule has 0 fully saturated rings. The molecule has 0 aliphatic heterocycles. The van der Waals surface area contributed by atoms with Crippen LogP contribution in [0.3, 0.4) is 0 Å². The SMILES string of the molecule is Cc1cc(NN)cc(Cl)c1Cc1ccc(Cl)cc1. The lowest BCUT2D eigenvalue weighted by Crippen LogP contribution is -2.07. The molecule has 0 radical (unpaired) electrons. The molecule has 2 aromatic rings. The molecule has 3 N–H and O–H groups in total. The molecule has 0 aliphatic rings. The Hall–Kier alpha value is -1.22. The van der Waals surface area contributed by atoms with Gasteiger partial charge in [0, 0.05) is 10.0 Å². The third-order valence-corrected chi connectivity index (χ3v) is 3.47. The minimum absolute atomic E-state index is 0.720. The number of nitrogen functional groups attached to an aromatic ring is 1. The molecule has 94 valence electrons. The molecule has 18 heavy (non-hydrogen) atoms. The van der Waals surface area contributed by atoms with Gasteiger partial charge in [-0.25, -0.2) is 0 Å². The number of nitrogens with one attached hydrogen (secondary N) is 1. The van der Waals surface area contributed by atoms with Crippen molar-refractivity contribution in [2.75, 3.05) is 5.43 Å². The van der Waals surface area contributed by atoms with Crippen LogP contribution in [0.1, 0.15) is 16.7 Å². The highest BCUT2D eigenvalue weighted by molar-refractivity contribution is 6.31. The van der Waals surface area contributed by atoms with E-state index in [1.165, 1.54) is 5.56 Å². The molecule has 0 heterocycles. The fraction of sp³-hybridized carbons (Fsp3) is 0.143. The van der Waals surface area contributed by atoms with Crippen molar-refractivity contribution in [2.45, 2.75) is 13.3 Å². The van der Waals surface area contributed by atoms with Gasteiger partial charge in [-0.3, -0.25) is 5.84 Å². The lowest BCUT2D eigenvalue weighted by Gasteiger charge is -2.11. The molecule has 0 amide bonds. The number of rotatable bonds is 3. The molecular formula is C14H14Cl2N2. The third-order valence-electron chi connectivity index (χ3n) is 2.88. The normalized spacial score (nSPS) is 10.4. The number of nitrogens with two attached hydrogens (primary N) is 1. The van der Waals surface area contributed by atoms with Crippen molar-refractivity contribution >= 4 is 28.9 Å². The molecule has 0 aliphatic carbocycles. The van der Waals surface area contributed by atoms with Gasteiger partial charge >= 0.3 is 0 Å². The molecule has 2 nitrogen and oxygen atoms in total. The number of benzene rings is 2. The molecule has 2 aromatic carbocycles. The van der Waals surface area contributed by atoms with Crippen LogP contribution in [0.5, 0.6) is 0 Å². The molecule has 0 spiro atoms. The van der Waals surface area contributed by atoms with Crippen LogP contribution in [0.2, 0.25) is 10.0 Å². The second-order valence-corrected chi connectivity index (χ2v) is 5.04. The van der Waals surface area contributed by atoms with E-state index in [0.29, 0.717) is 0 Å². The molecule has 2 rings (SSSR count). The Kier molecular flexibility index (Phi) is 4.12. The monoisotopic (exact) mass is 280 g/mol. The Balaban J connectivity index is 2.31. The van der Waals surface area contributed by atoms with Gasteiger partial charge in [-0.15, -0.1) is 0 Å². The van der Waals surface area contributed by atoms with E-state index in [4.69, 9.17) is 29.0 Å². The quantitative estimate of drug-likeness (QED) is 0.654. The van der Waals surface area contributed by atoms with Crippen molar-refractivity contribution < 1.29 is 0 Å². The van der Waals surface area contributed by atoms with Gasteiger partial charge in [0.25, 0.3) is 0 Å². The summed E-state index contributed by atoms with van der Waals surface area (Å²) >= 11 is 12.1. The standard InChI is InChI=1S/C14H14Cl2N2/c1-9-6-12(18-17)8-14(16)13(9)7-10-2-4-11(15)5-3-10/h2-6,8,18H,7,17H2,1H3. The van der Waals surface area contributed by atoms with Crippen LogP contribution < -0.4 is 11.3 Å². The van der Waals surface area contributed by atoms with Crippen LogP contribution in [0.15, 0.2) is 36.4 Å². The zero-order valence-electron chi connectivity index (χ0n) is 10.0. The largest absolute Gasteiger partial charge is 0.324 e. The van der Waals surface area contributed by atoms with E-state index >= 15 is 0 Å². The number of anilines is 1. The number of hydrazine groups is 1. The van der Waals surface area contributed by atoms with Gasteiger partial charge in [0.05, 0.1) is 5.69 Å². The van der Waals surface area contributed by atoms with E-state index in [9.17, 15) is 0 Å². The summed E-state index contributed by atoms with van der Waals surface area (Å²) in [5.74, 6) is 5.38. The summed E-state index contributed by atoms with van der Waals surface area (Å²) in [7, 11) is 0. The first kappa shape index (κ1) is 13.2. The fourth-order valence-corrected chi connectivity index (χ4v) is 2.35. The average Bonchev–Trinajstić information content (AvgIpc) is 2.35. The third kappa shape index (κ3) is 2.96. The van der Waals surface area contributed by atoms with E-state index < -0.39 is 0 Å². The van der Waals surface area contributed by atoms with Gasteiger partial charge in [-0.1, -0.05) is 35.3 Å². The van der Waals surface area contributed by atoms with Crippen molar-refractivity contribution in [3.63, 3.8) is 0 Å². The Morgan fingerprint density at radius 2 is 1.78 bits per heavy atom. The van der Waals surface area contributed by atoms with Gasteiger partial charge < -0.3 is 5.43 Å². The highest BCUT2D eigenvalue weighted by atomic mass is 35.5. The summed E-state index contributed by atoms with van der Waals surface area (Å²) in [6.07, 6.45) is 0.784. The van der Waals surface area contributed by atoms with Gasteiger partial charge in [-0.05, 0) is 54.3 Å². The van der Waals surface area contributed by atoms with Crippen molar-refractivity contribution in [1.29, 1.82) is 0 Å². The van der Waals surface area contributed by atoms with Crippen LogP contribution in [0.4, 0.5) is 5.69 Å². The highest BCUT2D eigenvalue weighted by Crippen LogP contribution is 2.27. The molecule has 0 unspecified atom stereocenters. The predicted molar refractivity (Wildman–Crippen MR) is 78.3 cm³/mol. The number of hydrogen-bond acceptors (Lipinski definition) is 2.